The second kappa shape index (κ2) is 8.46. The Morgan fingerprint density at radius 3 is 2.30 bits per heavy atom. The van der Waals surface area contributed by atoms with E-state index in [1.807, 2.05) is 61.5 Å². The number of thioether (sulfide) groups is 1. The molecule has 3 nitrogen and oxygen atoms in total. The van der Waals surface area contributed by atoms with Gasteiger partial charge in [-0.1, -0.05) is 59.8 Å². The predicted molar refractivity (Wildman–Crippen MR) is 112 cm³/mol. The Morgan fingerprint density at radius 1 is 0.926 bits per heavy atom. The number of hydrogen-bond acceptors (Lipinski definition) is 4. The first-order valence-electron chi connectivity index (χ1n) is 8.39. The third-order valence-corrected chi connectivity index (χ3v) is 6.64. The topological polar surface area (TPSA) is 43.4 Å². The van der Waals surface area contributed by atoms with Crippen molar-refractivity contribution in [1.29, 1.82) is 0 Å². The number of aryl methyl sites for hydroxylation is 1. The van der Waals surface area contributed by atoms with Crippen molar-refractivity contribution in [2.45, 2.75) is 16.7 Å². The molecule has 0 saturated heterocycles. The van der Waals surface area contributed by atoms with Crippen molar-refractivity contribution in [3.05, 3.63) is 95.4 Å². The summed E-state index contributed by atoms with van der Waals surface area (Å²) in [5.74, 6) is 0.680. The van der Waals surface area contributed by atoms with Crippen molar-refractivity contribution in [2.75, 3.05) is 7.11 Å². The average molecular weight is 397 g/mol. The van der Waals surface area contributed by atoms with E-state index in [0.717, 1.165) is 16.0 Å². The highest BCUT2D eigenvalue weighted by Gasteiger charge is 2.15. The van der Waals surface area contributed by atoms with Crippen LogP contribution in [0.5, 0.6) is 5.75 Å². The van der Waals surface area contributed by atoms with Crippen molar-refractivity contribution in [1.82, 2.24) is 0 Å². The summed E-state index contributed by atoms with van der Waals surface area (Å²) >= 11 is 1.41. The zero-order valence-corrected chi connectivity index (χ0v) is 16.8. The lowest BCUT2D eigenvalue weighted by Crippen LogP contribution is -1.98. The molecule has 0 heterocycles. The molecule has 0 saturated carbocycles. The van der Waals surface area contributed by atoms with Crippen LogP contribution in [-0.4, -0.2) is 15.5 Å². The number of methoxy groups -OCH3 is 1. The van der Waals surface area contributed by atoms with Crippen molar-refractivity contribution in [3.63, 3.8) is 0 Å². The lowest BCUT2D eigenvalue weighted by atomic mass is 10.2. The maximum Gasteiger partial charge on any atom is 0.200 e. The van der Waals surface area contributed by atoms with Crippen LogP contribution in [0.2, 0.25) is 0 Å². The van der Waals surface area contributed by atoms with Crippen LogP contribution < -0.4 is 4.74 Å². The molecule has 0 unspecified atom stereocenters. The second-order valence-corrected chi connectivity index (χ2v) is 8.90. The van der Waals surface area contributed by atoms with E-state index in [1.54, 1.807) is 31.4 Å². The van der Waals surface area contributed by atoms with Crippen LogP contribution in [0.25, 0.3) is 4.91 Å². The van der Waals surface area contributed by atoms with Gasteiger partial charge in [0, 0.05) is 9.80 Å². The lowest BCUT2D eigenvalue weighted by Gasteiger charge is -2.10. The van der Waals surface area contributed by atoms with Crippen LogP contribution in [0.15, 0.2) is 94.1 Å². The molecular weight excluding hydrogens is 376 g/mol. The normalized spacial score (nSPS) is 12.0. The van der Waals surface area contributed by atoms with E-state index < -0.39 is 9.84 Å². The Kier molecular flexibility index (Phi) is 6.04. The number of rotatable bonds is 6. The number of benzene rings is 3. The molecule has 0 fully saturated rings. The van der Waals surface area contributed by atoms with E-state index in [1.165, 1.54) is 17.2 Å². The molecule has 3 aromatic carbocycles. The van der Waals surface area contributed by atoms with Crippen LogP contribution in [0.3, 0.4) is 0 Å². The first kappa shape index (κ1) is 19.3. The third-order valence-electron chi connectivity index (χ3n) is 3.94. The van der Waals surface area contributed by atoms with E-state index in [2.05, 4.69) is 0 Å². The Bertz CT molecular complexity index is 1040. The quantitative estimate of drug-likeness (QED) is 0.511. The van der Waals surface area contributed by atoms with Crippen molar-refractivity contribution < 1.29 is 13.2 Å². The first-order chi connectivity index (χ1) is 13.0. The Morgan fingerprint density at radius 2 is 1.63 bits per heavy atom. The zero-order valence-electron chi connectivity index (χ0n) is 15.1. The SMILES string of the molecule is COc1cccc(/C(=C\S(=O)(=O)c2ccc(C)cc2)Sc2ccccc2)c1. The monoisotopic (exact) mass is 396 g/mol. The molecule has 5 heteroatoms. The van der Waals surface area contributed by atoms with Gasteiger partial charge < -0.3 is 4.74 Å². The fraction of sp³-hybridized carbons (Fsp3) is 0.0909. The molecule has 0 atom stereocenters. The van der Waals surface area contributed by atoms with Crippen LogP contribution in [-0.2, 0) is 9.84 Å². The summed E-state index contributed by atoms with van der Waals surface area (Å²) in [5.41, 5.74) is 1.81. The number of sulfone groups is 1. The van der Waals surface area contributed by atoms with Gasteiger partial charge in [0.05, 0.1) is 17.4 Å². The van der Waals surface area contributed by atoms with E-state index >= 15 is 0 Å². The molecular formula is C22H20O3S2. The highest BCUT2D eigenvalue weighted by atomic mass is 32.2. The van der Waals surface area contributed by atoms with E-state index in [4.69, 9.17) is 4.74 Å². The van der Waals surface area contributed by atoms with Gasteiger partial charge in [-0.05, 0) is 48.9 Å². The third kappa shape index (κ3) is 5.02. The van der Waals surface area contributed by atoms with E-state index in [0.29, 0.717) is 10.7 Å². The minimum Gasteiger partial charge on any atom is -0.497 e. The van der Waals surface area contributed by atoms with Crippen molar-refractivity contribution in [3.8, 4) is 5.75 Å². The van der Waals surface area contributed by atoms with Gasteiger partial charge in [0.2, 0.25) is 9.84 Å². The maximum atomic E-state index is 13.0. The summed E-state index contributed by atoms with van der Waals surface area (Å²) in [6, 6.07) is 24.0. The average Bonchev–Trinajstić information content (AvgIpc) is 2.68. The summed E-state index contributed by atoms with van der Waals surface area (Å²) in [6.45, 7) is 1.93. The van der Waals surface area contributed by atoms with Crippen LogP contribution in [0.1, 0.15) is 11.1 Å². The van der Waals surface area contributed by atoms with Gasteiger partial charge >= 0.3 is 0 Å². The highest BCUT2D eigenvalue weighted by Crippen LogP contribution is 2.37. The number of ether oxygens (including phenoxy) is 1. The van der Waals surface area contributed by atoms with Gasteiger partial charge in [0.25, 0.3) is 0 Å². The summed E-state index contributed by atoms with van der Waals surface area (Å²) in [7, 11) is -1.99. The largest absolute Gasteiger partial charge is 0.497 e. The van der Waals surface area contributed by atoms with Gasteiger partial charge in [-0.25, -0.2) is 8.42 Å². The molecule has 0 aliphatic rings. The fourth-order valence-corrected chi connectivity index (χ4v) is 4.91. The molecule has 0 N–H and O–H groups in total. The second-order valence-electron chi connectivity index (χ2n) is 5.99. The molecule has 0 bridgehead atoms. The van der Waals surface area contributed by atoms with E-state index in [9.17, 15) is 8.42 Å². The molecule has 0 aliphatic carbocycles. The van der Waals surface area contributed by atoms with Crippen LogP contribution >= 0.6 is 11.8 Å². The molecule has 0 spiro atoms. The van der Waals surface area contributed by atoms with Gasteiger partial charge in [-0.15, -0.1) is 0 Å². The van der Waals surface area contributed by atoms with Crippen molar-refractivity contribution >= 4 is 26.5 Å². The molecule has 0 amide bonds. The molecule has 0 aromatic heterocycles. The molecule has 27 heavy (non-hydrogen) atoms. The van der Waals surface area contributed by atoms with Crippen molar-refractivity contribution in [2.24, 2.45) is 0 Å². The summed E-state index contributed by atoms with van der Waals surface area (Å²) in [4.78, 5) is 1.88. The Labute approximate surface area is 164 Å². The predicted octanol–water partition coefficient (Wildman–Crippen LogP) is 5.57. The van der Waals surface area contributed by atoms with Gasteiger partial charge in [0.1, 0.15) is 5.75 Å². The van der Waals surface area contributed by atoms with Gasteiger partial charge in [-0.3, -0.25) is 0 Å². The minimum atomic E-state index is -3.59. The van der Waals surface area contributed by atoms with Gasteiger partial charge in [-0.2, -0.15) is 0 Å². The summed E-state index contributed by atoms with van der Waals surface area (Å²) in [6.07, 6.45) is 0. The summed E-state index contributed by atoms with van der Waals surface area (Å²) in [5, 5.41) is 1.34. The van der Waals surface area contributed by atoms with E-state index in [-0.39, 0.29) is 4.90 Å². The molecule has 138 valence electrons. The molecule has 3 rings (SSSR count). The maximum absolute atomic E-state index is 13.0. The Hall–Kier alpha value is -2.50. The lowest BCUT2D eigenvalue weighted by molar-refractivity contribution is 0.414. The van der Waals surface area contributed by atoms with Crippen LogP contribution in [0, 0.1) is 6.92 Å². The van der Waals surface area contributed by atoms with Gasteiger partial charge in [0.15, 0.2) is 0 Å². The standard InChI is InChI=1S/C22H20O3S2/c1-17-11-13-21(14-12-17)27(23,24)16-22(26-20-9-4-3-5-10-20)18-7-6-8-19(15-18)25-2/h3-16H,1-2H3/b22-16+. The first-order valence-corrected chi connectivity index (χ1v) is 10.7. The minimum absolute atomic E-state index is 0.280. The Balaban J connectivity index is 2.07. The van der Waals surface area contributed by atoms with Crippen LogP contribution in [0.4, 0.5) is 0 Å². The zero-order chi connectivity index (χ0) is 19.3. The fourth-order valence-electron chi connectivity index (χ4n) is 2.48. The highest BCUT2D eigenvalue weighted by molar-refractivity contribution is 8.09. The molecule has 0 radical (unpaired) electrons. The number of hydrogen-bond donors (Lipinski definition) is 0. The smallest absolute Gasteiger partial charge is 0.200 e. The molecule has 3 aromatic rings. The molecule has 0 aliphatic heterocycles. The summed E-state index contributed by atoms with van der Waals surface area (Å²) < 4.78 is 31.2.